The molecule has 0 aromatic rings. The molecule has 0 amide bonds. The molecule has 0 aliphatic carbocycles. The van der Waals surface area contributed by atoms with Gasteiger partial charge in [0, 0.05) is 13.7 Å². The van der Waals surface area contributed by atoms with Gasteiger partial charge in [0.1, 0.15) is 0 Å². The minimum absolute atomic E-state index is 0.307. The Hall–Kier alpha value is -0.120. The lowest BCUT2D eigenvalue weighted by Gasteiger charge is -2.18. The summed E-state index contributed by atoms with van der Waals surface area (Å²) >= 11 is 0. The Morgan fingerprint density at radius 3 is 2.64 bits per heavy atom. The quantitative estimate of drug-likeness (QED) is 0.631. The zero-order valence-corrected chi connectivity index (χ0v) is 7.12. The van der Waals surface area contributed by atoms with E-state index in [0.717, 1.165) is 19.6 Å². The highest BCUT2D eigenvalue weighted by molar-refractivity contribution is 4.69. The molecule has 3 nitrogen and oxygen atoms in total. The lowest BCUT2D eigenvalue weighted by atomic mass is 10.3. The second-order valence-corrected chi connectivity index (χ2v) is 3.12. The highest BCUT2D eigenvalue weighted by Gasteiger charge is 2.14. The molecule has 0 saturated carbocycles. The van der Waals surface area contributed by atoms with Crippen LogP contribution in [-0.4, -0.2) is 49.5 Å². The van der Waals surface area contributed by atoms with Crippen LogP contribution in [0.25, 0.3) is 0 Å². The third-order valence-electron chi connectivity index (χ3n) is 2.03. The number of hydrogen-bond acceptors (Lipinski definition) is 3. The number of likely N-dealkylation sites (tertiary alicyclic amines) is 1. The van der Waals surface area contributed by atoms with E-state index in [1.165, 1.54) is 12.8 Å². The fourth-order valence-corrected chi connectivity index (χ4v) is 1.51. The van der Waals surface area contributed by atoms with E-state index < -0.39 is 0 Å². The smallest absolute Gasteiger partial charge is 0.0900 e. The first-order valence-corrected chi connectivity index (χ1v) is 4.22. The van der Waals surface area contributed by atoms with Crippen molar-refractivity contribution in [3.05, 3.63) is 0 Å². The van der Waals surface area contributed by atoms with Crippen molar-refractivity contribution in [1.29, 1.82) is 0 Å². The lowest BCUT2D eigenvalue weighted by Crippen LogP contribution is -2.32. The molecule has 1 unspecified atom stereocenters. The molecule has 0 aromatic heterocycles. The van der Waals surface area contributed by atoms with Gasteiger partial charge in [-0.2, -0.15) is 0 Å². The van der Waals surface area contributed by atoms with Crippen LogP contribution in [0, 0.1) is 0 Å². The Bertz CT molecular complexity index is 102. The maximum Gasteiger partial charge on any atom is 0.0900 e. The molecule has 1 aliphatic rings. The van der Waals surface area contributed by atoms with Gasteiger partial charge in [-0.25, -0.2) is 0 Å². The number of β-amino-alcohol motifs (C(OH)–C–C–N with tert-alkyl or cyclic N) is 1. The van der Waals surface area contributed by atoms with Crippen molar-refractivity contribution in [1.82, 2.24) is 4.90 Å². The van der Waals surface area contributed by atoms with E-state index in [2.05, 4.69) is 4.90 Å². The van der Waals surface area contributed by atoms with Gasteiger partial charge in [-0.05, 0) is 25.9 Å². The van der Waals surface area contributed by atoms with Crippen LogP contribution in [0.1, 0.15) is 12.8 Å². The monoisotopic (exact) mass is 159 g/mol. The van der Waals surface area contributed by atoms with E-state index in [9.17, 15) is 5.11 Å². The molecular formula is C8H17NO2. The Labute approximate surface area is 68.0 Å². The largest absolute Gasteiger partial charge is 0.389 e. The van der Waals surface area contributed by atoms with Gasteiger partial charge in [-0.3, -0.25) is 0 Å². The predicted molar refractivity (Wildman–Crippen MR) is 43.6 cm³/mol. The van der Waals surface area contributed by atoms with Gasteiger partial charge < -0.3 is 14.7 Å². The van der Waals surface area contributed by atoms with Gasteiger partial charge >= 0.3 is 0 Å². The third-order valence-corrected chi connectivity index (χ3v) is 2.03. The van der Waals surface area contributed by atoms with E-state index >= 15 is 0 Å². The molecule has 1 fully saturated rings. The molecular weight excluding hydrogens is 142 g/mol. The Morgan fingerprint density at radius 1 is 1.45 bits per heavy atom. The molecule has 1 atom stereocenters. The zero-order chi connectivity index (χ0) is 8.10. The minimum Gasteiger partial charge on any atom is -0.389 e. The molecule has 0 spiro atoms. The first-order valence-electron chi connectivity index (χ1n) is 4.22. The van der Waals surface area contributed by atoms with Crippen LogP contribution in [0.3, 0.4) is 0 Å². The van der Waals surface area contributed by atoms with Crippen molar-refractivity contribution in [2.75, 3.05) is 33.4 Å². The zero-order valence-electron chi connectivity index (χ0n) is 7.12. The normalized spacial score (nSPS) is 22.4. The summed E-state index contributed by atoms with van der Waals surface area (Å²) in [6.45, 7) is 3.51. The molecule has 0 radical (unpaired) electrons. The first-order chi connectivity index (χ1) is 5.33. The highest BCUT2D eigenvalue weighted by atomic mass is 16.5. The standard InChI is InChI=1S/C8H17NO2/c1-11-7-8(10)6-9-4-2-3-5-9/h8,10H,2-7H2,1H3. The fraction of sp³-hybridized carbons (Fsp3) is 1.00. The Kier molecular flexibility index (Phi) is 3.83. The SMILES string of the molecule is COCC(O)CN1CCCC1. The molecule has 1 saturated heterocycles. The van der Waals surface area contributed by atoms with Crippen LogP contribution in [-0.2, 0) is 4.74 Å². The van der Waals surface area contributed by atoms with Gasteiger partial charge in [0.25, 0.3) is 0 Å². The Morgan fingerprint density at radius 2 is 2.09 bits per heavy atom. The Balaban J connectivity index is 2.08. The summed E-state index contributed by atoms with van der Waals surface area (Å²) < 4.78 is 4.84. The van der Waals surface area contributed by atoms with Crippen LogP contribution in [0.5, 0.6) is 0 Å². The number of rotatable bonds is 4. The average Bonchev–Trinajstić information content (AvgIpc) is 2.40. The summed E-state index contributed by atoms with van der Waals surface area (Å²) in [5.41, 5.74) is 0. The summed E-state index contributed by atoms with van der Waals surface area (Å²) in [5.74, 6) is 0. The summed E-state index contributed by atoms with van der Waals surface area (Å²) in [4.78, 5) is 2.28. The number of hydrogen-bond donors (Lipinski definition) is 1. The maximum absolute atomic E-state index is 9.34. The lowest BCUT2D eigenvalue weighted by molar-refractivity contribution is 0.0429. The molecule has 1 heterocycles. The van der Waals surface area contributed by atoms with Crippen LogP contribution in [0.2, 0.25) is 0 Å². The van der Waals surface area contributed by atoms with Crippen LogP contribution in [0.15, 0.2) is 0 Å². The molecule has 1 N–H and O–H groups in total. The molecule has 1 aliphatic heterocycles. The topological polar surface area (TPSA) is 32.7 Å². The summed E-state index contributed by atoms with van der Waals surface area (Å²) in [6, 6.07) is 0. The average molecular weight is 159 g/mol. The fourth-order valence-electron chi connectivity index (χ4n) is 1.51. The van der Waals surface area contributed by atoms with Gasteiger partial charge in [0.15, 0.2) is 0 Å². The van der Waals surface area contributed by atoms with Gasteiger partial charge in [0.05, 0.1) is 12.7 Å². The summed E-state index contributed by atoms with van der Waals surface area (Å²) in [6.07, 6.45) is 2.25. The van der Waals surface area contributed by atoms with E-state index in [1.807, 2.05) is 0 Å². The van der Waals surface area contributed by atoms with Crippen molar-refractivity contribution in [3.8, 4) is 0 Å². The van der Waals surface area contributed by atoms with Crippen molar-refractivity contribution in [2.24, 2.45) is 0 Å². The van der Waals surface area contributed by atoms with Gasteiger partial charge in [0.2, 0.25) is 0 Å². The molecule has 0 bridgehead atoms. The van der Waals surface area contributed by atoms with Crippen molar-refractivity contribution in [3.63, 3.8) is 0 Å². The van der Waals surface area contributed by atoms with Crippen molar-refractivity contribution in [2.45, 2.75) is 18.9 Å². The van der Waals surface area contributed by atoms with Crippen LogP contribution >= 0.6 is 0 Å². The summed E-state index contributed by atoms with van der Waals surface area (Å²) in [5, 5.41) is 9.34. The molecule has 3 heteroatoms. The number of ether oxygens (including phenoxy) is 1. The molecule has 1 rings (SSSR count). The first kappa shape index (κ1) is 8.97. The molecule has 11 heavy (non-hydrogen) atoms. The van der Waals surface area contributed by atoms with Crippen molar-refractivity contribution < 1.29 is 9.84 Å². The van der Waals surface area contributed by atoms with Crippen LogP contribution in [0.4, 0.5) is 0 Å². The van der Waals surface area contributed by atoms with E-state index in [-0.39, 0.29) is 6.10 Å². The van der Waals surface area contributed by atoms with E-state index in [4.69, 9.17) is 4.74 Å². The number of aliphatic hydroxyl groups is 1. The second-order valence-electron chi connectivity index (χ2n) is 3.12. The van der Waals surface area contributed by atoms with Crippen molar-refractivity contribution >= 4 is 0 Å². The number of nitrogens with zero attached hydrogens (tertiary/aromatic N) is 1. The van der Waals surface area contributed by atoms with Gasteiger partial charge in [-0.1, -0.05) is 0 Å². The van der Waals surface area contributed by atoms with Crippen LogP contribution < -0.4 is 0 Å². The predicted octanol–water partition coefficient (Wildman–Crippen LogP) is 0.0895. The van der Waals surface area contributed by atoms with E-state index in [0.29, 0.717) is 6.61 Å². The second kappa shape index (κ2) is 4.70. The highest BCUT2D eigenvalue weighted by Crippen LogP contribution is 2.07. The molecule has 66 valence electrons. The molecule has 0 aromatic carbocycles. The number of aliphatic hydroxyl groups excluding tert-OH is 1. The number of methoxy groups -OCH3 is 1. The van der Waals surface area contributed by atoms with E-state index in [1.54, 1.807) is 7.11 Å². The minimum atomic E-state index is -0.307. The van der Waals surface area contributed by atoms with Gasteiger partial charge in [-0.15, -0.1) is 0 Å². The summed E-state index contributed by atoms with van der Waals surface area (Å²) in [7, 11) is 1.62. The maximum atomic E-state index is 9.34. The third kappa shape index (κ3) is 3.18.